The summed E-state index contributed by atoms with van der Waals surface area (Å²) in [4.78, 5) is 12.5. The van der Waals surface area contributed by atoms with Gasteiger partial charge in [0.1, 0.15) is 5.82 Å². The molecule has 1 atom stereocenters. The van der Waals surface area contributed by atoms with E-state index in [-0.39, 0.29) is 17.0 Å². The summed E-state index contributed by atoms with van der Waals surface area (Å²) < 4.78 is 13.7. The van der Waals surface area contributed by atoms with Crippen molar-refractivity contribution in [2.24, 2.45) is 0 Å². The quantitative estimate of drug-likeness (QED) is 0.529. The van der Waals surface area contributed by atoms with Gasteiger partial charge in [-0.15, -0.1) is 10.2 Å². The summed E-state index contributed by atoms with van der Waals surface area (Å²) in [5.74, 6) is -0.332. The maximum absolute atomic E-state index is 12.9. The van der Waals surface area contributed by atoms with Crippen LogP contribution in [-0.4, -0.2) is 21.4 Å². The van der Waals surface area contributed by atoms with Crippen molar-refractivity contribution >= 4 is 39.8 Å². The fourth-order valence-corrected chi connectivity index (χ4v) is 4.31. The van der Waals surface area contributed by atoms with E-state index < -0.39 is 0 Å². The molecular weight excluding hydrogens is 395 g/mol. The number of aryl methyl sites for hydroxylation is 2. The second-order valence-corrected chi connectivity index (χ2v) is 8.99. The molecule has 0 spiro atoms. The smallest absolute Gasteiger partial charge is 0.237 e. The van der Waals surface area contributed by atoms with Crippen LogP contribution in [0.5, 0.6) is 0 Å². The molecule has 2 N–H and O–H groups in total. The molecule has 1 amide bonds. The van der Waals surface area contributed by atoms with Gasteiger partial charge in [0.2, 0.25) is 11.0 Å². The molecule has 1 unspecified atom stereocenters. The molecule has 3 rings (SSSR count). The predicted molar refractivity (Wildman–Crippen MR) is 114 cm³/mol. The fourth-order valence-electron chi connectivity index (χ4n) is 2.42. The molecule has 0 aliphatic carbocycles. The number of benzene rings is 2. The van der Waals surface area contributed by atoms with E-state index in [1.54, 1.807) is 12.1 Å². The van der Waals surface area contributed by atoms with Crippen molar-refractivity contribution in [3.63, 3.8) is 0 Å². The van der Waals surface area contributed by atoms with Crippen molar-refractivity contribution in [2.45, 2.75) is 36.9 Å². The normalized spacial score (nSPS) is 11.9. The van der Waals surface area contributed by atoms with Gasteiger partial charge >= 0.3 is 0 Å². The third kappa shape index (κ3) is 5.53. The highest BCUT2D eigenvalue weighted by molar-refractivity contribution is 8.02. The SMILES string of the molecule is Cc1ccc(C)c(NC(=O)C(C)Sc2nnc(NCc3ccc(F)cc3)s2)c1. The highest BCUT2D eigenvalue weighted by Gasteiger charge is 2.18. The third-order valence-corrected chi connectivity index (χ3v) is 6.13. The summed E-state index contributed by atoms with van der Waals surface area (Å²) in [6.07, 6.45) is 0. The minimum atomic E-state index is -0.308. The number of amides is 1. The van der Waals surface area contributed by atoms with Gasteiger partial charge in [-0.25, -0.2) is 4.39 Å². The van der Waals surface area contributed by atoms with Crippen molar-refractivity contribution in [1.29, 1.82) is 0 Å². The van der Waals surface area contributed by atoms with E-state index in [4.69, 9.17) is 0 Å². The molecule has 1 aromatic heterocycles. The Morgan fingerprint density at radius 3 is 2.68 bits per heavy atom. The van der Waals surface area contributed by atoms with E-state index in [1.807, 2.05) is 39.0 Å². The van der Waals surface area contributed by atoms with Crippen LogP contribution in [0.15, 0.2) is 46.8 Å². The number of carbonyl (C=O) groups excluding carboxylic acids is 1. The predicted octanol–water partition coefficient (Wildman–Crippen LogP) is 5.03. The molecule has 0 aliphatic rings. The Hall–Kier alpha value is -2.45. The molecule has 2 aromatic carbocycles. The molecule has 1 heterocycles. The fraction of sp³-hybridized carbons (Fsp3) is 0.250. The molecule has 0 saturated heterocycles. The molecule has 5 nitrogen and oxygen atoms in total. The lowest BCUT2D eigenvalue weighted by molar-refractivity contribution is -0.115. The number of aromatic nitrogens is 2. The van der Waals surface area contributed by atoms with E-state index in [0.29, 0.717) is 16.0 Å². The molecule has 0 fully saturated rings. The van der Waals surface area contributed by atoms with Crippen LogP contribution in [0.2, 0.25) is 0 Å². The summed E-state index contributed by atoms with van der Waals surface area (Å²) in [5.41, 5.74) is 3.91. The zero-order chi connectivity index (χ0) is 20.1. The number of nitrogens with one attached hydrogen (secondary N) is 2. The van der Waals surface area contributed by atoms with Gasteiger partial charge in [-0.05, 0) is 55.7 Å². The largest absolute Gasteiger partial charge is 0.356 e. The zero-order valence-electron chi connectivity index (χ0n) is 15.8. The monoisotopic (exact) mass is 416 g/mol. The second kappa shape index (κ2) is 9.16. The molecular formula is C20H21FN4OS2. The van der Waals surface area contributed by atoms with Crippen LogP contribution in [0, 0.1) is 19.7 Å². The van der Waals surface area contributed by atoms with Gasteiger partial charge in [-0.3, -0.25) is 4.79 Å². The lowest BCUT2D eigenvalue weighted by Gasteiger charge is -2.12. The topological polar surface area (TPSA) is 66.9 Å². The van der Waals surface area contributed by atoms with Crippen LogP contribution < -0.4 is 10.6 Å². The van der Waals surface area contributed by atoms with Gasteiger partial charge in [0.15, 0.2) is 4.34 Å². The average molecular weight is 417 g/mol. The number of nitrogens with zero attached hydrogens (tertiary/aromatic N) is 2. The van der Waals surface area contributed by atoms with Gasteiger partial charge in [0.25, 0.3) is 0 Å². The van der Waals surface area contributed by atoms with Crippen molar-refractivity contribution in [3.8, 4) is 0 Å². The number of anilines is 2. The van der Waals surface area contributed by atoms with Gasteiger partial charge in [-0.1, -0.05) is 47.4 Å². The number of hydrogen-bond acceptors (Lipinski definition) is 6. The van der Waals surface area contributed by atoms with E-state index in [1.165, 1.54) is 35.2 Å². The van der Waals surface area contributed by atoms with Crippen molar-refractivity contribution in [1.82, 2.24) is 10.2 Å². The molecule has 0 radical (unpaired) electrons. The third-order valence-electron chi connectivity index (χ3n) is 4.06. The van der Waals surface area contributed by atoms with Gasteiger partial charge in [0.05, 0.1) is 5.25 Å². The first-order valence-electron chi connectivity index (χ1n) is 8.77. The molecule has 0 bridgehead atoms. The highest BCUT2D eigenvalue weighted by Crippen LogP contribution is 2.30. The van der Waals surface area contributed by atoms with Crippen LogP contribution in [0.4, 0.5) is 15.2 Å². The Labute approximate surface area is 171 Å². The molecule has 146 valence electrons. The van der Waals surface area contributed by atoms with Gasteiger partial charge < -0.3 is 10.6 Å². The van der Waals surface area contributed by atoms with Crippen LogP contribution in [0.3, 0.4) is 0 Å². The Balaban J connectivity index is 1.54. The minimum Gasteiger partial charge on any atom is -0.356 e. The summed E-state index contributed by atoms with van der Waals surface area (Å²) in [5, 5.41) is 14.7. The first-order chi connectivity index (χ1) is 13.4. The van der Waals surface area contributed by atoms with E-state index in [2.05, 4.69) is 20.8 Å². The van der Waals surface area contributed by atoms with Gasteiger partial charge in [0, 0.05) is 12.2 Å². The summed E-state index contributed by atoms with van der Waals surface area (Å²) >= 11 is 2.76. The average Bonchev–Trinajstić information content (AvgIpc) is 3.11. The Morgan fingerprint density at radius 2 is 1.93 bits per heavy atom. The molecule has 0 saturated carbocycles. The number of hydrogen-bond donors (Lipinski definition) is 2. The number of thioether (sulfide) groups is 1. The molecule has 28 heavy (non-hydrogen) atoms. The lowest BCUT2D eigenvalue weighted by atomic mass is 10.1. The summed E-state index contributed by atoms with van der Waals surface area (Å²) in [7, 11) is 0. The maximum atomic E-state index is 12.9. The lowest BCUT2D eigenvalue weighted by Crippen LogP contribution is -2.22. The van der Waals surface area contributed by atoms with Gasteiger partial charge in [-0.2, -0.15) is 0 Å². The second-order valence-electron chi connectivity index (χ2n) is 6.42. The Kier molecular flexibility index (Phi) is 6.64. The maximum Gasteiger partial charge on any atom is 0.237 e. The van der Waals surface area contributed by atoms with E-state index in [9.17, 15) is 9.18 Å². The van der Waals surface area contributed by atoms with E-state index >= 15 is 0 Å². The van der Waals surface area contributed by atoms with Crippen LogP contribution in [0.25, 0.3) is 0 Å². The number of carbonyl (C=O) groups is 1. The van der Waals surface area contributed by atoms with Crippen LogP contribution in [-0.2, 0) is 11.3 Å². The minimum absolute atomic E-state index is 0.0743. The number of halogens is 1. The first-order valence-corrected chi connectivity index (χ1v) is 10.5. The highest BCUT2D eigenvalue weighted by atomic mass is 32.2. The van der Waals surface area contributed by atoms with Crippen molar-refractivity contribution in [3.05, 3.63) is 65.0 Å². The molecule has 0 aliphatic heterocycles. The first kappa shape index (κ1) is 20.3. The van der Waals surface area contributed by atoms with Crippen LogP contribution >= 0.6 is 23.1 Å². The van der Waals surface area contributed by atoms with Crippen molar-refractivity contribution in [2.75, 3.05) is 10.6 Å². The number of rotatable bonds is 7. The molecule has 8 heteroatoms. The van der Waals surface area contributed by atoms with E-state index in [0.717, 1.165) is 22.4 Å². The Bertz CT molecular complexity index is 959. The standard InChI is InChI=1S/C20H21FN4OS2/c1-12-4-5-13(2)17(10-12)23-18(26)14(3)27-20-25-24-19(28-20)22-11-15-6-8-16(21)9-7-15/h4-10,14H,11H2,1-3H3,(H,22,24)(H,23,26). The summed E-state index contributed by atoms with van der Waals surface area (Å²) in [6, 6.07) is 12.3. The molecule has 3 aromatic rings. The van der Waals surface area contributed by atoms with Crippen molar-refractivity contribution < 1.29 is 9.18 Å². The summed E-state index contributed by atoms with van der Waals surface area (Å²) in [6.45, 7) is 6.34. The van der Waals surface area contributed by atoms with Crippen LogP contribution in [0.1, 0.15) is 23.6 Å². The zero-order valence-corrected chi connectivity index (χ0v) is 17.5. The Morgan fingerprint density at radius 1 is 1.18 bits per heavy atom.